The molecule has 1 aromatic rings. The van der Waals surface area contributed by atoms with E-state index in [0.29, 0.717) is 18.0 Å². The van der Waals surface area contributed by atoms with Gasteiger partial charge in [0, 0.05) is 31.4 Å². The topological polar surface area (TPSA) is 78.4 Å². The second-order valence-electron chi connectivity index (χ2n) is 5.34. The van der Waals surface area contributed by atoms with Crippen LogP contribution in [-0.2, 0) is 0 Å². The third kappa shape index (κ3) is 6.23. The molecule has 0 aliphatic carbocycles. The van der Waals surface area contributed by atoms with Crippen LogP contribution in [0.15, 0.2) is 10.5 Å². The van der Waals surface area contributed by atoms with Crippen LogP contribution in [-0.4, -0.2) is 54.5 Å². The van der Waals surface area contributed by atoms with Crippen molar-refractivity contribution in [3.05, 3.63) is 16.1 Å². The quantitative estimate of drug-likeness (QED) is 0.397. The highest BCUT2D eigenvalue weighted by atomic mass is 32.2. The Labute approximate surface area is 140 Å². The van der Waals surface area contributed by atoms with Gasteiger partial charge in [-0.05, 0) is 27.0 Å². The molecule has 0 aromatic carbocycles. The number of hydrogen-bond acceptors (Lipinski definition) is 5. The number of guanidine groups is 1. The van der Waals surface area contributed by atoms with Crippen molar-refractivity contribution in [3.63, 3.8) is 0 Å². The number of carbonyl (C=O) groups excluding carboxylic acids is 1. The Bertz CT molecular complexity index is 513. The summed E-state index contributed by atoms with van der Waals surface area (Å²) < 4.78 is 0.148. The fourth-order valence-electron chi connectivity index (χ4n) is 1.55. The first-order chi connectivity index (χ1) is 10.4. The van der Waals surface area contributed by atoms with E-state index in [4.69, 9.17) is 0 Å². The van der Waals surface area contributed by atoms with Crippen LogP contribution in [0, 0.1) is 6.92 Å². The molecule has 22 heavy (non-hydrogen) atoms. The van der Waals surface area contributed by atoms with Crippen LogP contribution in [0.3, 0.4) is 0 Å². The molecule has 0 fully saturated rings. The highest BCUT2D eigenvalue weighted by Gasteiger charge is 2.16. The number of hydrogen-bond donors (Lipinski definition) is 3. The molecule has 1 aromatic heterocycles. The van der Waals surface area contributed by atoms with Gasteiger partial charge in [0.05, 0.1) is 11.2 Å². The van der Waals surface area contributed by atoms with Gasteiger partial charge >= 0.3 is 0 Å². The average Bonchev–Trinajstić information content (AvgIpc) is 2.92. The van der Waals surface area contributed by atoms with Crippen LogP contribution in [0.5, 0.6) is 0 Å². The highest BCUT2D eigenvalue weighted by molar-refractivity contribution is 7.99. The highest BCUT2D eigenvalue weighted by Crippen LogP contribution is 2.19. The average molecular weight is 344 g/mol. The van der Waals surface area contributed by atoms with Crippen LogP contribution < -0.4 is 16.0 Å². The molecule has 0 unspecified atom stereocenters. The molecule has 3 N–H and O–H groups in total. The standard InChI is InChI=1S/C14H25N5OS2/c1-10-11(22-9-19-10)12(20)16-6-7-17-13(15-4)18-8-14(2,3)21-5/h9H,6-8H2,1-5H3,(H,16,20)(H2,15,17,18). The number of amides is 1. The first-order valence-corrected chi connectivity index (χ1v) is 9.18. The fourth-order valence-corrected chi connectivity index (χ4v) is 2.48. The maximum atomic E-state index is 11.9. The molecule has 1 heterocycles. The number of aryl methyl sites for hydroxylation is 1. The van der Waals surface area contributed by atoms with Gasteiger partial charge in [-0.1, -0.05) is 0 Å². The number of aromatic nitrogens is 1. The van der Waals surface area contributed by atoms with E-state index >= 15 is 0 Å². The minimum absolute atomic E-state index is 0.0757. The molecule has 124 valence electrons. The Hall–Kier alpha value is -1.28. The van der Waals surface area contributed by atoms with E-state index in [2.05, 4.69) is 46.0 Å². The lowest BCUT2D eigenvalue weighted by Crippen LogP contribution is -2.45. The lowest BCUT2D eigenvalue weighted by Gasteiger charge is -2.23. The number of thiazole rings is 1. The number of rotatable bonds is 7. The van der Waals surface area contributed by atoms with Gasteiger partial charge in [0.1, 0.15) is 4.88 Å². The lowest BCUT2D eigenvalue weighted by atomic mass is 10.2. The summed E-state index contributed by atoms with van der Waals surface area (Å²) in [4.78, 5) is 20.8. The molecular formula is C14H25N5OS2. The minimum atomic E-state index is -0.0757. The number of carbonyl (C=O) groups is 1. The molecule has 0 atom stereocenters. The second kappa shape index (κ2) is 8.99. The SMILES string of the molecule is CN=C(NCCNC(=O)c1scnc1C)NCC(C)(C)SC. The van der Waals surface area contributed by atoms with Gasteiger partial charge in [0.15, 0.2) is 5.96 Å². The van der Waals surface area contributed by atoms with E-state index in [9.17, 15) is 4.79 Å². The number of nitrogens with zero attached hydrogens (tertiary/aromatic N) is 2. The van der Waals surface area contributed by atoms with Crippen LogP contribution in [0.4, 0.5) is 0 Å². The summed E-state index contributed by atoms with van der Waals surface area (Å²) in [6, 6.07) is 0. The van der Waals surface area contributed by atoms with Crippen molar-refractivity contribution in [2.45, 2.75) is 25.5 Å². The molecule has 0 aliphatic rings. The summed E-state index contributed by atoms with van der Waals surface area (Å²) in [7, 11) is 1.74. The predicted octanol–water partition coefficient (Wildman–Crippen LogP) is 1.49. The largest absolute Gasteiger partial charge is 0.355 e. The van der Waals surface area contributed by atoms with E-state index in [1.54, 1.807) is 24.3 Å². The summed E-state index contributed by atoms with van der Waals surface area (Å²) in [5, 5.41) is 9.34. The second-order valence-corrected chi connectivity index (χ2v) is 7.71. The Morgan fingerprint density at radius 3 is 2.59 bits per heavy atom. The van der Waals surface area contributed by atoms with Crippen LogP contribution >= 0.6 is 23.1 Å². The maximum Gasteiger partial charge on any atom is 0.263 e. The smallest absolute Gasteiger partial charge is 0.263 e. The minimum Gasteiger partial charge on any atom is -0.355 e. The van der Waals surface area contributed by atoms with Gasteiger partial charge in [-0.3, -0.25) is 9.79 Å². The molecule has 0 bridgehead atoms. The van der Waals surface area contributed by atoms with Gasteiger partial charge < -0.3 is 16.0 Å². The van der Waals surface area contributed by atoms with E-state index < -0.39 is 0 Å². The maximum absolute atomic E-state index is 11.9. The van der Waals surface area contributed by atoms with E-state index in [1.165, 1.54) is 11.3 Å². The molecule has 6 nitrogen and oxygen atoms in total. The summed E-state index contributed by atoms with van der Waals surface area (Å²) in [6.45, 7) is 8.15. The van der Waals surface area contributed by atoms with Gasteiger partial charge in [-0.2, -0.15) is 11.8 Å². The zero-order valence-electron chi connectivity index (χ0n) is 13.8. The van der Waals surface area contributed by atoms with Crippen molar-refractivity contribution in [1.29, 1.82) is 0 Å². The predicted molar refractivity (Wildman–Crippen MR) is 96.1 cm³/mol. The van der Waals surface area contributed by atoms with E-state index in [-0.39, 0.29) is 10.7 Å². The summed E-state index contributed by atoms with van der Waals surface area (Å²) >= 11 is 3.16. The Kier molecular flexibility index (Phi) is 7.67. The number of nitrogens with one attached hydrogen (secondary N) is 3. The monoisotopic (exact) mass is 343 g/mol. The third-order valence-corrected chi connectivity index (χ3v) is 5.29. The van der Waals surface area contributed by atoms with Gasteiger partial charge in [0.25, 0.3) is 5.91 Å². The number of aliphatic imine (C=N–C) groups is 1. The van der Waals surface area contributed by atoms with Crippen molar-refractivity contribution in [1.82, 2.24) is 20.9 Å². The Morgan fingerprint density at radius 1 is 1.36 bits per heavy atom. The van der Waals surface area contributed by atoms with Crippen molar-refractivity contribution < 1.29 is 4.79 Å². The Morgan fingerprint density at radius 2 is 2.05 bits per heavy atom. The molecule has 1 rings (SSSR count). The van der Waals surface area contributed by atoms with Crippen LogP contribution in [0.25, 0.3) is 0 Å². The molecule has 1 amide bonds. The van der Waals surface area contributed by atoms with E-state index in [0.717, 1.165) is 18.2 Å². The molecule has 0 spiro atoms. The van der Waals surface area contributed by atoms with Crippen molar-refractivity contribution in [2.24, 2.45) is 4.99 Å². The van der Waals surface area contributed by atoms with E-state index in [1.807, 2.05) is 6.92 Å². The van der Waals surface area contributed by atoms with Crippen LogP contribution in [0.1, 0.15) is 29.2 Å². The lowest BCUT2D eigenvalue weighted by molar-refractivity contribution is 0.0957. The Balaban J connectivity index is 2.28. The normalized spacial score (nSPS) is 12.1. The summed E-state index contributed by atoms with van der Waals surface area (Å²) in [5.74, 6) is 0.665. The molecule has 0 saturated carbocycles. The van der Waals surface area contributed by atoms with Crippen LogP contribution in [0.2, 0.25) is 0 Å². The first kappa shape index (κ1) is 18.8. The third-order valence-electron chi connectivity index (χ3n) is 3.11. The molecule has 8 heteroatoms. The fraction of sp³-hybridized carbons (Fsp3) is 0.643. The van der Waals surface area contributed by atoms with Gasteiger partial charge in [-0.25, -0.2) is 4.98 Å². The molecule has 0 radical (unpaired) electrons. The van der Waals surface area contributed by atoms with Gasteiger partial charge in [0.2, 0.25) is 0 Å². The molecule has 0 saturated heterocycles. The summed E-state index contributed by atoms with van der Waals surface area (Å²) in [5.41, 5.74) is 2.45. The number of thioether (sulfide) groups is 1. The molecule has 0 aliphatic heterocycles. The zero-order chi connectivity index (χ0) is 16.6. The van der Waals surface area contributed by atoms with Crippen molar-refractivity contribution in [3.8, 4) is 0 Å². The van der Waals surface area contributed by atoms with Gasteiger partial charge in [-0.15, -0.1) is 11.3 Å². The van der Waals surface area contributed by atoms with Crippen molar-refractivity contribution in [2.75, 3.05) is 32.9 Å². The zero-order valence-corrected chi connectivity index (χ0v) is 15.5. The first-order valence-electron chi connectivity index (χ1n) is 7.07. The summed E-state index contributed by atoms with van der Waals surface area (Å²) in [6.07, 6.45) is 2.09. The molecular weight excluding hydrogens is 318 g/mol. The van der Waals surface area contributed by atoms with Crippen molar-refractivity contribution >= 4 is 35.0 Å².